The molecule has 2 aliphatic rings. The SMILES string of the molecule is Nc1c(Cl)cc(CCNC(=O)N2CCC(N3CCc4ccccc4NC3=O)CC2)cc1C(F)(F)F. The van der Waals surface area contributed by atoms with Gasteiger partial charge in [-0.05, 0) is 55.0 Å². The number of likely N-dealkylation sites (tertiary alicyclic amines) is 1. The number of urea groups is 2. The van der Waals surface area contributed by atoms with Crippen LogP contribution >= 0.6 is 11.6 Å². The zero-order valence-corrected chi connectivity index (χ0v) is 19.8. The highest BCUT2D eigenvalue weighted by molar-refractivity contribution is 6.33. The monoisotopic (exact) mass is 509 g/mol. The number of nitrogens with one attached hydrogen (secondary N) is 2. The van der Waals surface area contributed by atoms with Gasteiger partial charge < -0.3 is 26.2 Å². The Balaban J connectivity index is 1.26. The van der Waals surface area contributed by atoms with Crippen LogP contribution in [0.1, 0.15) is 29.5 Å². The average molecular weight is 510 g/mol. The first-order valence-corrected chi connectivity index (χ1v) is 11.8. The van der Waals surface area contributed by atoms with Gasteiger partial charge in [-0.1, -0.05) is 29.8 Å². The number of benzene rings is 2. The molecule has 0 unspecified atom stereocenters. The average Bonchev–Trinajstić information content (AvgIpc) is 2.98. The maximum atomic E-state index is 13.1. The number of nitrogen functional groups attached to an aromatic ring is 1. The molecule has 4 rings (SSSR count). The van der Waals surface area contributed by atoms with Crippen LogP contribution in [0.2, 0.25) is 5.02 Å². The molecule has 1 saturated heterocycles. The van der Waals surface area contributed by atoms with E-state index in [1.54, 1.807) is 4.90 Å². The first kappa shape index (κ1) is 25.0. The number of para-hydroxylation sites is 1. The van der Waals surface area contributed by atoms with Crippen LogP contribution in [0, 0.1) is 0 Å². The predicted octanol–water partition coefficient (Wildman–Crippen LogP) is 4.75. The van der Waals surface area contributed by atoms with Crippen LogP contribution in [-0.4, -0.2) is 54.1 Å². The van der Waals surface area contributed by atoms with Crippen molar-refractivity contribution in [1.29, 1.82) is 0 Å². The van der Waals surface area contributed by atoms with E-state index in [9.17, 15) is 22.8 Å². The molecule has 0 saturated carbocycles. The molecule has 0 bridgehead atoms. The fourth-order valence-electron chi connectivity index (χ4n) is 4.60. The van der Waals surface area contributed by atoms with E-state index in [2.05, 4.69) is 10.6 Å². The van der Waals surface area contributed by atoms with Crippen LogP contribution < -0.4 is 16.4 Å². The Kier molecular flexibility index (Phi) is 7.30. The van der Waals surface area contributed by atoms with E-state index in [0.717, 1.165) is 23.7 Å². The van der Waals surface area contributed by atoms with Gasteiger partial charge in [-0.15, -0.1) is 0 Å². The minimum Gasteiger partial charge on any atom is -0.397 e. The summed E-state index contributed by atoms with van der Waals surface area (Å²) in [5.74, 6) is 0. The maximum Gasteiger partial charge on any atom is 0.418 e. The second-order valence-electron chi connectivity index (χ2n) is 8.77. The highest BCUT2D eigenvalue weighted by atomic mass is 35.5. The van der Waals surface area contributed by atoms with E-state index in [-0.39, 0.29) is 36.1 Å². The highest BCUT2D eigenvalue weighted by Crippen LogP contribution is 2.37. The van der Waals surface area contributed by atoms with Gasteiger partial charge in [0.15, 0.2) is 0 Å². The van der Waals surface area contributed by atoms with Gasteiger partial charge in [0, 0.05) is 37.9 Å². The fraction of sp³-hybridized carbons (Fsp3) is 0.417. The van der Waals surface area contributed by atoms with Crippen molar-refractivity contribution in [2.75, 3.05) is 37.2 Å². The van der Waals surface area contributed by atoms with E-state index >= 15 is 0 Å². The number of piperidine rings is 1. The van der Waals surface area contributed by atoms with Crippen LogP contribution in [0.25, 0.3) is 0 Å². The largest absolute Gasteiger partial charge is 0.418 e. The third-order valence-corrected chi connectivity index (χ3v) is 6.83. The number of carbonyl (C=O) groups is 2. The number of fused-ring (bicyclic) bond motifs is 1. The summed E-state index contributed by atoms with van der Waals surface area (Å²) >= 11 is 5.86. The molecule has 0 spiro atoms. The molecule has 2 aromatic rings. The molecule has 1 fully saturated rings. The van der Waals surface area contributed by atoms with Crippen LogP contribution in [0.3, 0.4) is 0 Å². The number of alkyl halides is 3. The van der Waals surface area contributed by atoms with Crippen LogP contribution in [0.15, 0.2) is 36.4 Å². The van der Waals surface area contributed by atoms with Gasteiger partial charge in [-0.3, -0.25) is 0 Å². The molecule has 4 N–H and O–H groups in total. The van der Waals surface area contributed by atoms with Crippen LogP contribution in [0.4, 0.5) is 34.1 Å². The number of hydrogen-bond acceptors (Lipinski definition) is 3. The van der Waals surface area contributed by atoms with Gasteiger partial charge in [-0.25, -0.2) is 9.59 Å². The molecule has 0 atom stereocenters. The summed E-state index contributed by atoms with van der Waals surface area (Å²) in [4.78, 5) is 28.8. The second-order valence-corrected chi connectivity index (χ2v) is 9.17. The quantitative estimate of drug-likeness (QED) is 0.520. The molecule has 2 aliphatic heterocycles. The lowest BCUT2D eigenvalue weighted by molar-refractivity contribution is -0.136. The topological polar surface area (TPSA) is 90.7 Å². The first-order valence-electron chi connectivity index (χ1n) is 11.5. The number of rotatable bonds is 4. The van der Waals surface area contributed by atoms with E-state index in [1.165, 1.54) is 6.07 Å². The van der Waals surface area contributed by atoms with Gasteiger partial charge in [0.2, 0.25) is 0 Å². The van der Waals surface area contributed by atoms with Gasteiger partial charge in [-0.2, -0.15) is 13.2 Å². The molecule has 35 heavy (non-hydrogen) atoms. The third kappa shape index (κ3) is 5.75. The number of carbonyl (C=O) groups excluding carboxylic acids is 2. The Morgan fingerprint density at radius 3 is 2.60 bits per heavy atom. The van der Waals surface area contributed by atoms with E-state index in [1.807, 2.05) is 29.2 Å². The van der Waals surface area contributed by atoms with Crippen molar-refractivity contribution in [3.63, 3.8) is 0 Å². The molecule has 2 heterocycles. The van der Waals surface area contributed by atoms with Gasteiger partial charge in [0.25, 0.3) is 0 Å². The smallest absolute Gasteiger partial charge is 0.397 e. The minimum atomic E-state index is -4.61. The number of anilines is 2. The zero-order chi connectivity index (χ0) is 25.2. The van der Waals surface area contributed by atoms with E-state index in [4.69, 9.17) is 17.3 Å². The number of halogens is 4. The Morgan fingerprint density at radius 1 is 1.17 bits per heavy atom. The number of amides is 4. The van der Waals surface area contributed by atoms with Crippen molar-refractivity contribution < 1.29 is 22.8 Å². The standard InChI is InChI=1S/C24H27ClF3N5O2/c25-19-14-15(13-18(21(19)29)24(26,27)28)5-9-30-22(34)32-10-7-17(8-11-32)33-12-6-16-3-1-2-4-20(16)31-23(33)35/h1-4,13-14,17H,5-12,29H2,(H,30,34)(H,31,35). The lowest BCUT2D eigenvalue weighted by Crippen LogP contribution is -2.52. The van der Waals surface area contributed by atoms with E-state index < -0.39 is 17.4 Å². The Hall–Kier alpha value is -3.14. The van der Waals surface area contributed by atoms with Crippen molar-refractivity contribution in [2.24, 2.45) is 0 Å². The highest BCUT2D eigenvalue weighted by Gasteiger charge is 2.34. The summed E-state index contributed by atoms with van der Waals surface area (Å²) in [6.45, 7) is 1.74. The lowest BCUT2D eigenvalue weighted by Gasteiger charge is -2.37. The van der Waals surface area contributed by atoms with Crippen molar-refractivity contribution in [2.45, 2.75) is 37.9 Å². The van der Waals surface area contributed by atoms with Crippen molar-refractivity contribution in [3.05, 3.63) is 58.1 Å². The van der Waals surface area contributed by atoms with Crippen LogP contribution in [0.5, 0.6) is 0 Å². The summed E-state index contributed by atoms with van der Waals surface area (Å²) in [5.41, 5.74) is 6.25. The normalized spacial score (nSPS) is 17.0. The predicted molar refractivity (Wildman–Crippen MR) is 128 cm³/mol. The number of nitrogens with two attached hydrogens (primary N) is 1. The first-order chi connectivity index (χ1) is 16.6. The molecule has 4 amide bonds. The maximum absolute atomic E-state index is 13.1. The van der Waals surface area contributed by atoms with Gasteiger partial charge in [0.05, 0.1) is 16.3 Å². The fourth-order valence-corrected chi connectivity index (χ4v) is 4.84. The van der Waals surface area contributed by atoms with Crippen LogP contribution in [-0.2, 0) is 19.0 Å². The van der Waals surface area contributed by atoms with Crippen molar-refractivity contribution >= 4 is 35.0 Å². The Labute approximate surface area is 206 Å². The molecule has 188 valence electrons. The summed E-state index contributed by atoms with van der Waals surface area (Å²) < 4.78 is 39.4. The lowest BCUT2D eigenvalue weighted by atomic mass is 10.0. The van der Waals surface area contributed by atoms with Crippen molar-refractivity contribution in [3.8, 4) is 0 Å². The molecule has 11 heteroatoms. The number of hydrogen-bond donors (Lipinski definition) is 3. The van der Waals surface area contributed by atoms with Crippen molar-refractivity contribution in [1.82, 2.24) is 15.1 Å². The molecular weight excluding hydrogens is 483 g/mol. The molecule has 0 radical (unpaired) electrons. The number of nitrogens with zero attached hydrogens (tertiary/aromatic N) is 2. The molecule has 7 nitrogen and oxygen atoms in total. The third-order valence-electron chi connectivity index (χ3n) is 6.52. The molecular formula is C24H27ClF3N5O2. The molecule has 0 aliphatic carbocycles. The molecule has 2 aromatic carbocycles. The zero-order valence-electron chi connectivity index (χ0n) is 19.0. The van der Waals surface area contributed by atoms with E-state index in [0.29, 0.717) is 38.0 Å². The Morgan fingerprint density at radius 2 is 1.89 bits per heavy atom. The van der Waals surface area contributed by atoms with Gasteiger partial charge >= 0.3 is 18.2 Å². The summed E-state index contributed by atoms with van der Waals surface area (Å²) in [6, 6.07) is 9.72. The summed E-state index contributed by atoms with van der Waals surface area (Å²) in [7, 11) is 0. The molecule has 0 aromatic heterocycles. The Bertz CT molecular complexity index is 1100. The summed E-state index contributed by atoms with van der Waals surface area (Å²) in [6.07, 6.45) is -2.36. The summed E-state index contributed by atoms with van der Waals surface area (Å²) in [5, 5.41) is 5.57. The van der Waals surface area contributed by atoms with Gasteiger partial charge in [0.1, 0.15) is 0 Å². The second kappa shape index (κ2) is 10.2. The minimum absolute atomic E-state index is 0.0334.